The van der Waals surface area contributed by atoms with E-state index in [1.165, 1.54) is 29.2 Å². The number of hydrogen-bond acceptors (Lipinski definition) is 4. The molecule has 42 heavy (non-hydrogen) atoms. The van der Waals surface area contributed by atoms with E-state index < -0.39 is 34.3 Å². The molecule has 4 rings (SSSR count). The number of carbonyl (C=O) groups is 2. The number of nitrogens with zero attached hydrogens (tertiary/aromatic N) is 2. The molecule has 0 saturated heterocycles. The standard InChI is InChI=1S/C32H37BrFN3O4S/c1-3-30(32(39)35-27-7-5-4-6-8-27)36(21-24-11-15-26(34)16-12-24)31(38)22-37(28-17-13-25(33)14-18-28)42(40,41)29-19-9-23(2)10-20-29/h9-20,27,30H,3-8,21-22H2,1-2H3,(H,35,39)/t30-/m0/s1. The average Bonchev–Trinajstić information content (AvgIpc) is 2.98. The normalized spacial score (nSPS) is 14.7. The highest BCUT2D eigenvalue weighted by Gasteiger charge is 2.34. The third-order valence-electron chi connectivity index (χ3n) is 7.61. The highest BCUT2D eigenvalue weighted by molar-refractivity contribution is 9.10. The minimum absolute atomic E-state index is 0.0223. The Kier molecular flexibility index (Phi) is 10.8. The predicted octanol–water partition coefficient (Wildman–Crippen LogP) is 6.35. The second-order valence-corrected chi connectivity index (χ2v) is 13.5. The Morgan fingerprint density at radius 1 is 0.952 bits per heavy atom. The molecule has 3 aromatic rings. The summed E-state index contributed by atoms with van der Waals surface area (Å²) < 4.78 is 43.4. The monoisotopic (exact) mass is 657 g/mol. The molecule has 0 aliphatic heterocycles. The van der Waals surface area contributed by atoms with Crippen molar-refractivity contribution in [3.05, 3.63) is 94.2 Å². The second kappa shape index (κ2) is 14.3. The minimum atomic E-state index is -4.15. The summed E-state index contributed by atoms with van der Waals surface area (Å²) in [6, 6.07) is 18.1. The van der Waals surface area contributed by atoms with Gasteiger partial charge in [0.1, 0.15) is 18.4 Å². The number of carbonyl (C=O) groups excluding carboxylic acids is 2. The highest BCUT2D eigenvalue weighted by atomic mass is 79.9. The number of halogens is 2. The van der Waals surface area contributed by atoms with Gasteiger partial charge >= 0.3 is 0 Å². The van der Waals surface area contributed by atoms with Crippen molar-refractivity contribution in [3.8, 4) is 0 Å². The Morgan fingerprint density at radius 2 is 1.57 bits per heavy atom. The summed E-state index contributed by atoms with van der Waals surface area (Å²) in [5, 5.41) is 3.12. The Labute approximate surface area is 256 Å². The predicted molar refractivity (Wildman–Crippen MR) is 166 cm³/mol. The summed E-state index contributed by atoms with van der Waals surface area (Å²) in [5.41, 5.74) is 1.85. The SMILES string of the molecule is CC[C@@H](C(=O)NC1CCCCC1)N(Cc1ccc(F)cc1)C(=O)CN(c1ccc(Br)cc1)S(=O)(=O)c1ccc(C)cc1. The van der Waals surface area contributed by atoms with E-state index in [2.05, 4.69) is 21.2 Å². The van der Waals surface area contributed by atoms with Crippen LogP contribution in [0.2, 0.25) is 0 Å². The van der Waals surface area contributed by atoms with Crippen LogP contribution in [0.15, 0.2) is 82.2 Å². The summed E-state index contributed by atoms with van der Waals surface area (Å²) in [4.78, 5) is 29.2. The van der Waals surface area contributed by atoms with Gasteiger partial charge in [0.05, 0.1) is 10.6 Å². The van der Waals surface area contributed by atoms with Crippen LogP contribution in [0.25, 0.3) is 0 Å². The van der Waals surface area contributed by atoms with E-state index >= 15 is 0 Å². The van der Waals surface area contributed by atoms with Gasteiger partial charge in [0, 0.05) is 17.1 Å². The van der Waals surface area contributed by atoms with E-state index in [1.54, 1.807) is 48.5 Å². The van der Waals surface area contributed by atoms with Crippen LogP contribution in [0.1, 0.15) is 56.6 Å². The lowest BCUT2D eigenvalue weighted by atomic mass is 9.95. The van der Waals surface area contributed by atoms with Crippen molar-refractivity contribution < 1.29 is 22.4 Å². The molecule has 0 aromatic heterocycles. The van der Waals surface area contributed by atoms with Gasteiger partial charge in [0.15, 0.2) is 0 Å². The zero-order chi connectivity index (χ0) is 30.3. The van der Waals surface area contributed by atoms with Crippen molar-refractivity contribution in [2.75, 3.05) is 10.8 Å². The zero-order valence-corrected chi connectivity index (χ0v) is 26.3. The molecule has 224 valence electrons. The van der Waals surface area contributed by atoms with Crippen LogP contribution in [-0.4, -0.2) is 43.8 Å². The molecule has 0 bridgehead atoms. The first-order chi connectivity index (χ1) is 20.1. The maximum absolute atomic E-state index is 14.2. The highest BCUT2D eigenvalue weighted by Crippen LogP contribution is 2.27. The van der Waals surface area contributed by atoms with Gasteiger partial charge in [0.25, 0.3) is 10.0 Å². The first-order valence-corrected chi connectivity index (χ1v) is 16.5. The van der Waals surface area contributed by atoms with Gasteiger partial charge in [0.2, 0.25) is 11.8 Å². The zero-order valence-electron chi connectivity index (χ0n) is 23.9. The number of anilines is 1. The van der Waals surface area contributed by atoms with Crippen molar-refractivity contribution in [3.63, 3.8) is 0 Å². The van der Waals surface area contributed by atoms with Crippen molar-refractivity contribution in [2.24, 2.45) is 0 Å². The lowest BCUT2D eigenvalue weighted by Gasteiger charge is -2.34. The Morgan fingerprint density at radius 3 is 2.17 bits per heavy atom. The quantitative estimate of drug-likeness (QED) is 0.260. The summed E-state index contributed by atoms with van der Waals surface area (Å²) in [6.07, 6.45) is 5.33. The summed E-state index contributed by atoms with van der Waals surface area (Å²) >= 11 is 3.38. The molecule has 0 radical (unpaired) electrons. The lowest BCUT2D eigenvalue weighted by molar-refractivity contribution is -0.140. The first kappa shape index (κ1) is 31.7. The molecule has 0 spiro atoms. The number of rotatable bonds is 11. The van der Waals surface area contributed by atoms with Crippen LogP contribution >= 0.6 is 15.9 Å². The number of sulfonamides is 1. The van der Waals surface area contributed by atoms with Crippen LogP contribution in [0.4, 0.5) is 10.1 Å². The Hall–Kier alpha value is -3.24. The van der Waals surface area contributed by atoms with E-state index in [1.807, 2.05) is 13.8 Å². The molecule has 1 N–H and O–H groups in total. The van der Waals surface area contributed by atoms with Gasteiger partial charge in [-0.15, -0.1) is 0 Å². The van der Waals surface area contributed by atoms with Crippen molar-refractivity contribution in [2.45, 2.75) is 75.9 Å². The summed E-state index contributed by atoms with van der Waals surface area (Å²) in [5.74, 6) is -1.22. The molecule has 1 fully saturated rings. The van der Waals surface area contributed by atoms with Crippen LogP contribution in [-0.2, 0) is 26.2 Å². The maximum atomic E-state index is 14.2. The van der Waals surface area contributed by atoms with Crippen LogP contribution in [0.3, 0.4) is 0 Å². The summed E-state index contributed by atoms with van der Waals surface area (Å²) in [7, 11) is -4.15. The fourth-order valence-corrected chi connectivity index (χ4v) is 6.90. The van der Waals surface area contributed by atoms with Crippen LogP contribution < -0.4 is 9.62 Å². The molecule has 2 amide bonds. The molecule has 1 aliphatic rings. The second-order valence-electron chi connectivity index (χ2n) is 10.7. The lowest BCUT2D eigenvalue weighted by Crippen LogP contribution is -2.54. The average molecular weight is 659 g/mol. The van der Waals surface area contributed by atoms with E-state index in [9.17, 15) is 22.4 Å². The maximum Gasteiger partial charge on any atom is 0.264 e. The third-order valence-corrected chi connectivity index (χ3v) is 9.92. The molecule has 10 heteroatoms. The molecular weight excluding hydrogens is 621 g/mol. The number of amides is 2. The van der Waals surface area contributed by atoms with Crippen molar-refractivity contribution >= 4 is 43.5 Å². The third kappa shape index (κ3) is 7.98. The number of hydrogen-bond donors (Lipinski definition) is 1. The molecule has 1 atom stereocenters. The summed E-state index contributed by atoms with van der Waals surface area (Å²) in [6.45, 7) is 3.19. The Balaban J connectivity index is 1.69. The van der Waals surface area contributed by atoms with Gasteiger partial charge in [-0.2, -0.15) is 0 Å². The first-order valence-electron chi connectivity index (χ1n) is 14.3. The topological polar surface area (TPSA) is 86.8 Å². The van der Waals surface area contributed by atoms with E-state index in [0.717, 1.165) is 46.4 Å². The van der Waals surface area contributed by atoms with Crippen LogP contribution in [0.5, 0.6) is 0 Å². The van der Waals surface area contributed by atoms with Gasteiger partial charge in [-0.1, -0.05) is 71.9 Å². The fourth-order valence-electron chi connectivity index (χ4n) is 5.22. The van der Waals surface area contributed by atoms with Gasteiger partial charge in [-0.05, 0) is 80.3 Å². The molecule has 0 heterocycles. The van der Waals surface area contributed by atoms with Gasteiger partial charge in [-0.3, -0.25) is 13.9 Å². The number of nitrogens with one attached hydrogen (secondary N) is 1. The van der Waals surface area contributed by atoms with E-state index in [0.29, 0.717) is 17.7 Å². The molecule has 3 aromatic carbocycles. The minimum Gasteiger partial charge on any atom is -0.352 e. The number of aryl methyl sites for hydroxylation is 1. The van der Waals surface area contributed by atoms with Crippen LogP contribution in [0, 0.1) is 12.7 Å². The number of benzene rings is 3. The van der Waals surface area contributed by atoms with Gasteiger partial charge in [-0.25, -0.2) is 12.8 Å². The molecular formula is C32H37BrFN3O4S. The van der Waals surface area contributed by atoms with Crippen molar-refractivity contribution in [1.29, 1.82) is 0 Å². The molecule has 1 aliphatic carbocycles. The molecule has 0 unspecified atom stereocenters. The molecule has 7 nitrogen and oxygen atoms in total. The largest absolute Gasteiger partial charge is 0.352 e. The van der Waals surface area contributed by atoms with Gasteiger partial charge < -0.3 is 10.2 Å². The van der Waals surface area contributed by atoms with E-state index in [4.69, 9.17) is 0 Å². The Bertz CT molecular complexity index is 1460. The van der Waals surface area contributed by atoms with E-state index in [-0.39, 0.29) is 23.4 Å². The fraction of sp³-hybridized carbons (Fsp3) is 0.375. The molecule has 1 saturated carbocycles. The van der Waals surface area contributed by atoms with Crippen molar-refractivity contribution in [1.82, 2.24) is 10.2 Å². The smallest absolute Gasteiger partial charge is 0.264 e.